The van der Waals surface area contributed by atoms with Gasteiger partial charge in [0, 0.05) is 12.6 Å². The van der Waals surface area contributed by atoms with Gasteiger partial charge in [-0.1, -0.05) is 13.3 Å². The lowest BCUT2D eigenvalue weighted by Crippen LogP contribution is -2.49. The van der Waals surface area contributed by atoms with Gasteiger partial charge in [-0.05, 0) is 45.4 Å². The summed E-state index contributed by atoms with van der Waals surface area (Å²) in [5, 5.41) is 6.30. The van der Waals surface area contributed by atoms with Gasteiger partial charge in [-0.15, -0.1) is 0 Å². The van der Waals surface area contributed by atoms with Gasteiger partial charge >= 0.3 is 0 Å². The van der Waals surface area contributed by atoms with Crippen LogP contribution in [0.15, 0.2) is 0 Å². The van der Waals surface area contributed by atoms with Gasteiger partial charge in [0.25, 0.3) is 0 Å². The van der Waals surface area contributed by atoms with Gasteiger partial charge in [0.2, 0.25) is 5.91 Å². The van der Waals surface area contributed by atoms with E-state index in [0.29, 0.717) is 5.41 Å². The fourth-order valence-corrected chi connectivity index (χ4v) is 2.20. The van der Waals surface area contributed by atoms with E-state index >= 15 is 0 Å². The highest BCUT2D eigenvalue weighted by Gasteiger charge is 2.35. The molecule has 3 heteroatoms. The van der Waals surface area contributed by atoms with Gasteiger partial charge in [-0.2, -0.15) is 0 Å². The number of rotatable bonds is 6. The van der Waals surface area contributed by atoms with Crippen molar-refractivity contribution in [1.29, 1.82) is 0 Å². The Morgan fingerprint density at radius 2 is 1.94 bits per heavy atom. The minimum Gasteiger partial charge on any atom is -0.353 e. The summed E-state index contributed by atoms with van der Waals surface area (Å²) in [5.74, 6) is 0.112. The van der Waals surface area contributed by atoms with Crippen molar-refractivity contribution in [3.63, 3.8) is 0 Å². The standard InChI is InChI=1S/C13H26N2O/c1-5-13(7-6-8-13)9-14-11(4)12(16)15-10(2)3/h10-11,14H,5-9H2,1-4H3,(H,15,16). The van der Waals surface area contributed by atoms with Gasteiger partial charge in [0.05, 0.1) is 6.04 Å². The Hall–Kier alpha value is -0.570. The van der Waals surface area contributed by atoms with Crippen molar-refractivity contribution >= 4 is 5.91 Å². The Labute approximate surface area is 99.4 Å². The summed E-state index contributed by atoms with van der Waals surface area (Å²) in [6.45, 7) is 9.16. The smallest absolute Gasteiger partial charge is 0.237 e. The average molecular weight is 226 g/mol. The third-order valence-corrected chi connectivity index (χ3v) is 3.77. The minimum absolute atomic E-state index is 0.0774. The normalized spacial score (nSPS) is 20.3. The lowest BCUT2D eigenvalue weighted by molar-refractivity contribution is -0.123. The first-order valence-corrected chi connectivity index (χ1v) is 6.53. The van der Waals surface area contributed by atoms with E-state index in [1.54, 1.807) is 0 Å². The molecule has 16 heavy (non-hydrogen) atoms. The zero-order valence-corrected chi connectivity index (χ0v) is 11.1. The van der Waals surface area contributed by atoms with Crippen LogP contribution in [0.25, 0.3) is 0 Å². The number of carbonyl (C=O) groups is 1. The van der Waals surface area contributed by atoms with Gasteiger partial charge in [0.1, 0.15) is 0 Å². The van der Waals surface area contributed by atoms with E-state index in [1.807, 2.05) is 20.8 Å². The summed E-state index contributed by atoms with van der Waals surface area (Å²) < 4.78 is 0. The highest BCUT2D eigenvalue weighted by Crippen LogP contribution is 2.43. The largest absolute Gasteiger partial charge is 0.353 e. The summed E-state index contributed by atoms with van der Waals surface area (Å²) in [7, 11) is 0. The molecule has 1 aliphatic carbocycles. The molecule has 1 fully saturated rings. The molecule has 0 aromatic rings. The number of carbonyl (C=O) groups excluding carboxylic acids is 1. The van der Waals surface area contributed by atoms with Crippen LogP contribution >= 0.6 is 0 Å². The maximum absolute atomic E-state index is 11.7. The van der Waals surface area contributed by atoms with E-state index in [9.17, 15) is 4.79 Å². The zero-order chi connectivity index (χ0) is 12.2. The van der Waals surface area contributed by atoms with Crippen LogP contribution in [-0.2, 0) is 4.79 Å². The first kappa shape index (κ1) is 13.5. The average Bonchev–Trinajstić information content (AvgIpc) is 2.15. The molecule has 1 aliphatic rings. The van der Waals surface area contributed by atoms with Gasteiger partial charge in [-0.3, -0.25) is 4.79 Å². The summed E-state index contributed by atoms with van der Waals surface area (Å²) in [4.78, 5) is 11.7. The number of amides is 1. The lowest BCUT2D eigenvalue weighted by atomic mass is 9.67. The quantitative estimate of drug-likeness (QED) is 0.728. The molecule has 0 saturated heterocycles. The molecule has 1 saturated carbocycles. The van der Waals surface area contributed by atoms with Crippen molar-refractivity contribution in [1.82, 2.24) is 10.6 Å². The van der Waals surface area contributed by atoms with Crippen molar-refractivity contribution in [3.05, 3.63) is 0 Å². The SMILES string of the molecule is CCC1(CNC(C)C(=O)NC(C)C)CCC1. The number of hydrogen-bond acceptors (Lipinski definition) is 2. The third-order valence-electron chi connectivity index (χ3n) is 3.77. The Morgan fingerprint density at radius 1 is 1.31 bits per heavy atom. The second-order valence-corrected chi connectivity index (χ2v) is 5.47. The van der Waals surface area contributed by atoms with Crippen LogP contribution in [-0.4, -0.2) is 24.5 Å². The van der Waals surface area contributed by atoms with Crippen LogP contribution in [0.2, 0.25) is 0 Å². The van der Waals surface area contributed by atoms with Crippen LogP contribution in [0.3, 0.4) is 0 Å². The third kappa shape index (κ3) is 3.48. The van der Waals surface area contributed by atoms with Crippen molar-refractivity contribution in [2.75, 3.05) is 6.54 Å². The van der Waals surface area contributed by atoms with Crippen LogP contribution < -0.4 is 10.6 Å². The van der Waals surface area contributed by atoms with Crippen molar-refractivity contribution in [2.24, 2.45) is 5.41 Å². The molecule has 0 spiro atoms. The fraction of sp³-hybridized carbons (Fsp3) is 0.923. The summed E-state index contributed by atoms with van der Waals surface area (Å²) in [5.41, 5.74) is 0.479. The lowest BCUT2D eigenvalue weighted by Gasteiger charge is -2.42. The summed E-state index contributed by atoms with van der Waals surface area (Å²) >= 11 is 0. The Bertz CT molecular complexity index is 229. The van der Waals surface area contributed by atoms with Crippen molar-refractivity contribution in [3.8, 4) is 0 Å². The van der Waals surface area contributed by atoms with Crippen LogP contribution in [0.5, 0.6) is 0 Å². The summed E-state index contributed by atoms with van der Waals surface area (Å²) in [6, 6.07) is 0.145. The predicted molar refractivity (Wildman–Crippen MR) is 67.3 cm³/mol. The molecule has 1 atom stereocenters. The highest BCUT2D eigenvalue weighted by molar-refractivity contribution is 5.81. The zero-order valence-electron chi connectivity index (χ0n) is 11.1. The second kappa shape index (κ2) is 5.67. The molecule has 0 radical (unpaired) electrons. The number of hydrogen-bond donors (Lipinski definition) is 2. The molecule has 3 nitrogen and oxygen atoms in total. The highest BCUT2D eigenvalue weighted by atomic mass is 16.2. The van der Waals surface area contributed by atoms with E-state index in [0.717, 1.165) is 6.54 Å². The molecular weight excluding hydrogens is 200 g/mol. The predicted octanol–water partition coefficient (Wildman–Crippen LogP) is 2.07. The first-order chi connectivity index (χ1) is 7.49. The van der Waals surface area contributed by atoms with E-state index < -0.39 is 0 Å². The monoisotopic (exact) mass is 226 g/mol. The van der Waals surface area contributed by atoms with Gasteiger partial charge in [-0.25, -0.2) is 0 Å². The molecule has 0 heterocycles. The maximum Gasteiger partial charge on any atom is 0.237 e. The molecule has 0 aromatic carbocycles. The molecule has 0 aliphatic heterocycles. The van der Waals surface area contributed by atoms with Gasteiger partial charge in [0.15, 0.2) is 0 Å². The first-order valence-electron chi connectivity index (χ1n) is 6.53. The van der Waals surface area contributed by atoms with E-state index in [4.69, 9.17) is 0 Å². The molecule has 2 N–H and O–H groups in total. The fourth-order valence-electron chi connectivity index (χ4n) is 2.20. The molecule has 0 aromatic heterocycles. The molecule has 1 amide bonds. The second-order valence-electron chi connectivity index (χ2n) is 5.47. The minimum atomic E-state index is -0.0774. The van der Waals surface area contributed by atoms with Crippen LogP contribution in [0.1, 0.15) is 53.4 Å². The molecule has 0 bridgehead atoms. The van der Waals surface area contributed by atoms with Gasteiger partial charge < -0.3 is 10.6 Å². The Balaban J connectivity index is 2.28. The summed E-state index contributed by atoms with van der Waals surface area (Å²) in [6.07, 6.45) is 5.20. The van der Waals surface area contributed by atoms with E-state index in [2.05, 4.69) is 17.6 Å². The topological polar surface area (TPSA) is 41.1 Å². The molecule has 94 valence electrons. The van der Waals surface area contributed by atoms with E-state index in [-0.39, 0.29) is 18.0 Å². The van der Waals surface area contributed by atoms with Crippen molar-refractivity contribution in [2.45, 2.75) is 65.5 Å². The van der Waals surface area contributed by atoms with Crippen molar-refractivity contribution < 1.29 is 4.79 Å². The molecule has 1 rings (SSSR count). The maximum atomic E-state index is 11.7. The molecular formula is C13H26N2O. The molecule has 1 unspecified atom stereocenters. The number of nitrogens with one attached hydrogen (secondary N) is 2. The van der Waals surface area contributed by atoms with E-state index in [1.165, 1.54) is 25.7 Å². The Kier molecular flexibility index (Phi) is 4.78. The Morgan fingerprint density at radius 3 is 2.31 bits per heavy atom. The van der Waals surface area contributed by atoms with Crippen LogP contribution in [0.4, 0.5) is 0 Å². The van der Waals surface area contributed by atoms with Crippen LogP contribution in [0, 0.1) is 5.41 Å².